The zero-order chi connectivity index (χ0) is 18.0. The summed E-state index contributed by atoms with van der Waals surface area (Å²) in [6, 6.07) is 1.57. The molecule has 25 heavy (non-hydrogen) atoms. The molecule has 0 radical (unpaired) electrons. The minimum atomic E-state index is -3.20. The van der Waals surface area contributed by atoms with Crippen molar-refractivity contribution >= 4 is 15.9 Å². The maximum Gasteiger partial charge on any atom is 0.273 e. The van der Waals surface area contributed by atoms with E-state index in [1.807, 2.05) is 13.8 Å². The Balaban J connectivity index is 1.54. The Bertz CT molecular complexity index is 711. The van der Waals surface area contributed by atoms with E-state index in [-0.39, 0.29) is 23.7 Å². The molecule has 0 aromatic carbocycles. The van der Waals surface area contributed by atoms with Crippen molar-refractivity contribution in [3.05, 3.63) is 17.5 Å². The van der Waals surface area contributed by atoms with Gasteiger partial charge in [-0.15, -0.1) is 0 Å². The summed E-state index contributed by atoms with van der Waals surface area (Å²) in [4.78, 5) is 12.3. The van der Waals surface area contributed by atoms with Crippen LogP contribution in [-0.4, -0.2) is 48.2 Å². The number of hydrogen-bond donors (Lipinski definition) is 1. The maximum absolute atomic E-state index is 12.4. The normalized spacial score (nSPS) is 25.0. The SMILES string of the molecule is CCCCS(=O)(=O)N1CC[C@@H](NC(=O)c2cc(C3CC3)on2)C[C@H]1C. The molecule has 1 N–H and O–H groups in total. The van der Waals surface area contributed by atoms with Crippen molar-refractivity contribution < 1.29 is 17.7 Å². The molecule has 1 amide bonds. The number of nitrogens with one attached hydrogen (secondary N) is 1. The molecule has 3 rings (SSSR count). The zero-order valence-electron chi connectivity index (χ0n) is 14.9. The van der Waals surface area contributed by atoms with Gasteiger partial charge >= 0.3 is 0 Å². The van der Waals surface area contributed by atoms with Crippen LogP contribution in [0.4, 0.5) is 0 Å². The van der Waals surface area contributed by atoms with E-state index in [0.29, 0.717) is 37.4 Å². The molecule has 1 saturated heterocycles. The molecular formula is C17H27N3O4S. The Morgan fingerprint density at radius 3 is 2.80 bits per heavy atom. The Morgan fingerprint density at radius 2 is 2.16 bits per heavy atom. The number of carbonyl (C=O) groups is 1. The molecule has 2 heterocycles. The quantitative estimate of drug-likeness (QED) is 0.796. The molecule has 8 heteroatoms. The van der Waals surface area contributed by atoms with Gasteiger partial charge in [-0.1, -0.05) is 18.5 Å². The summed E-state index contributed by atoms with van der Waals surface area (Å²) in [5.41, 5.74) is 0.313. The summed E-state index contributed by atoms with van der Waals surface area (Å²) in [6.45, 7) is 4.34. The van der Waals surface area contributed by atoms with Gasteiger partial charge in [-0.2, -0.15) is 4.31 Å². The van der Waals surface area contributed by atoms with Crippen LogP contribution in [0.3, 0.4) is 0 Å². The predicted molar refractivity (Wildman–Crippen MR) is 93.8 cm³/mol. The summed E-state index contributed by atoms with van der Waals surface area (Å²) in [7, 11) is -3.20. The molecule has 2 fully saturated rings. The van der Waals surface area contributed by atoms with Crippen molar-refractivity contribution in [2.45, 2.75) is 70.4 Å². The third kappa shape index (κ3) is 4.41. The first-order valence-corrected chi connectivity index (χ1v) is 10.8. The number of unbranched alkanes of at least 4 members (excludes halogenated alkanes) is 1. The van der Waals surface area contributed by atoms with Gasteiger partial charge in [0.2, 0.25) is 10.0 Å². The molecular weight excluding hydrogens is 342 g/mol. The lowest BCUT2D eigenvalue weighted by atomic mass is 10.0. The summed E-state index contributed by atoms with van der Waals surface area (Å²) in [5.74, 6) is 1.17. The fraction of sp³-hybridized carbons (Fsp3) is 0.765. The van der Waals surface area contributed by atoms with E-state index in [4.69, 9.17) is 4.52 Å². The molecule has 1 aromatic rings. The number of nitrogens with zero attached hydrogens (tertiary/aromatic N) is 2. The molecule has 0 bridgehead atoms. The van der Waals surface area contributed by atoms with Crippen molar-refractivity contribution in [3.63, 3.8) is 0 Å². The van der Waals surface area contributed by atoms with E-state index in [1.165, 1.54) is 0 Å². The largest absolute Gasteiger partial charge is 0.360 e. The van der Waals surface area contributed by atoms with Crippen molar-refractivity contribution in [3.8, 4) is 0 Å². The summed E-state index contributed by atoms with van der Waals surface area (Å²) >= 11 is 0. The second-order valence-electron chi connectivity index (χ2n) is 7.21. The van der Waals surface area contributed by atoms with Crippen molar-refractivity contribution in [1.29, 1.82) is 0 Å². The smallest absolute Gasteiger partial charge is 0.273 e. The van der Waals surface area contributed by atoms with E-state index >= 15 is 0 Å². The number of sulfonamides is 1. The number of aromatic nitrogens is 1. The van der Waals surface area contributed by atoms with Crippen LogP contribution in [0.2, 0.25) is 0 Å². The van der Waals surface area contributed by atoms with Gasteiger partial charge in [0.25, 0.3) is 5.91 Å². The minimum Gasteiger partial charge on any atom is -0.360 e. The lowest BCUT2D eigenvalue weighted by molar-refractivity contribution is 0.0905. The van der Waals surface area contributed by atoms with E-state index in [1.54, 1.807) is 10.4 Å². The standard InChI is InChI=1S/C17H27N3O4S/c1-3-4-9-25(22,23)20-8-7-14(10-12(20)2)18-17(21)15-11-16(24-19-15)13-5-6-13/h11-14H,3-10H2,1-2H3,(H,18,21)/t12-,14-/m1/s1. The number of piperidine rings is 1. The molecule has 1 aliphatic carbocycles. The highest BCUT2D eigenvalue weighted by Gasteiger charge is 2.34. The van der Waals surface area contributed by atoms with Crippen molar-refractivity contribution in [2.75, 3.05) is 12.3 Å². The Hall–Kier alpha value is -1.41. The molecule has 140 valence electrons. The average molecular weight is 369 g/mol. The highest BCUT2D eigenvalue weighted by Crippen LogP contribution is 2.40. The zero-order valence-corrected chi connectivity index (χ0v) is 15.7. The Labute approximate surface area is 149 Å². The fourth-order valence-electron chi connectivity index (χ4n) is 3.35. The number of hydrogen-bond acceptors (Lipinski definition) is 5. The monoisotopic (exact) mass is 369 g/mol. The Morgan fingerprint density at radius 1 is 1.40 bits per heavy atom. The van der Waals surface area contributed by atoms with Crippen LogP contribution in [0.1, 0.15) is 74.5 Å². The fourth-order valence-corrected chi connectivity index (χ4v) is 5.26. The average Bonchev–Trinajstić information content (AvgIpc) is 3.29. The van der Waals surface area contributed by atoms with Gasteiger partial charge in [0, 0.05) is 30.6 Å². The molecule has 1 aliphatic heterocycles. The van der Waals surface area contributed by atoms with Crippen LogP contribution in [0.25, 0.3) is 0 Å². The second kappa shape index (κ2) is 7.45. The molecule has 2 atom stereocenters. The molecule has 1 saturated carbocycles. The number of amides is 1. The van der Waals surface area contributed by atoms with E-state index in [0.717, 1.165) is 25.0 Å². The van der Waals surface area contributed by atoms with Gasteiger partial charge in [0.05, 0.1) is 5.75 Å². The van der Waals surface area contributed by atoms with Gasteiger partial charge in [0.1, 0.15) is 5.76 Å². The highest BCUT2D eigenvalue weighted by atomic mass is 32.2. The number of carbonyl (C=O) groups excluding carboxylic acids is 1. The van der Waals surface area contributed by atoms with Crippen LogP contribution < -0.4 is 5.32 Å². The molecule has 2 aliphatic rings. The van der Waals surface area contributed by atoms with Gasteiger partial charge in [-0.3, -0.25) is 4.79 Å². The van der Waals surface area contributed by atoms with Crippen LogP contribution in [0, 0.1) is 0 Å². The predicted octanol–water partition coefficient (Wildman–Crippen LogP) is 2.26. The molecule has 0 unspecified atom stereocenters. The first kappa shape index (κ1) is 18.4. The van der Waals surface area contributed by atoms with Crippen molar-refractivity contribution in [2.24, 2.45) is 0 Å². The summed E-state index contributed by atoms with van der Waals surface area (Å²) in [6.07, 6.45) is 4.97. The van der Waals surface area contributed by atoms with Crippen LogP contribution in [-0.2, 0) is 10.0 Å². The summed E-state index contributed by atoms with van der Waals surface area (Å²) in [5, 5.41) is 6.83. The van der Waals surface area contributed by atoms with Crippen molar-refractivity contribution in [1.82, 2.24) is 14.8 Å². The second-order valence-corrected chi connectivity index (χ2v) is 9.25. The third-order valence-electron chi connectivity index (χ3n) is 5.00. The first-order valence-electron chi connectivity index (χ1n) is 9.17. The van der Waals surface area contributed by atoms with E-state index < -0.39 is 10.0 Å². The van der Waals surface area contributed by atoms with Crippen LogP contribution >= 0.6 is 0 Å². The van der Waals surface area contributed by atoms with Gasteiger partial charge in [-0.25, -0.2) is 8.42 Å². The minimum absolute atomic E-state index is 0.0406. The summed E-state index contributed by atoms with van der Waals surface area (Å²) < 4.78 is 31.6. The topological polar surface area (TPSA) is 92.5 Å². The van der Waals surface area contributed by atoms with Crippen LogP contribution in [0.15, 0.2) is 10.6 Å². The lowest BCUT2D eigenvalue weighted by Gasteiger charge is -2.36. The van der Waals surface area contributed by atoms with Crippen LogP contribution in [0.5, 0.6) is 0 Å². The Kier molecular flexibility index (Phi) is 5.48. The number of rotatable bonds is 7. The maximum atomic E-state index is 12.4. The first-order chi connectivity index (χ1) is 11.9. The highest BCUT2D eigenvalue weighted by molar-refractivity contribution is 7.89. The van der Waals surface area contributed by atoms with E-state index in [2.05, 4.69) is 10.5 Å². The molecule has 1 aromatic heterocycles. The molecule has 0 spiro atoms. The molecule has 7 nitrogen and oxygen atoms in total. The van der Waals surface area contributed by atoms with Gasteiger partial charge in [-0.05, 0) is 39.0 Å². The van der Waals surface area contributed by atoms with Gasteiger partial charge in [0.15, 0.2) is 5.69 Å². The lowest BCUT2D eigenvalue weighted by Crippen LogP contribution is -2.51. The van der Waals surface area contributed by atoms with E-state index in [9.17, 15) is 13.2 Å². The third-order valence-corrected chi connectivity index (χ3v) is 7.07. The van der Waals surface area contributed by atoms with Gasteiger partial charge < -0.3 is 9.84 Å².